The van der Waals surface area contributed by atoms with Gasteiger partial charge in [0, 0.05) is 6.04 Å². The molecule has 0 heterocycles. The molecule has 90 valence electrons. The Bertz CT molecular complexity index is 369. The van der Waals surface area contributed by atoms with Crippen molar-refractivity contribution < 1.29 is 14.6 Å². The predicted molar refractivity (Wildman–Crippen MR) is 64.8 cm³/mol. The zero-order chi connectivity index (χ0) is 11.4. The number of carbonyl (C=O) groups is 1. The molecule has 1 aromatic carbocycles. The van der Waals surface area contributed by atoms with Crippen LogP contribution in [0.4, 0.5) is 0 Å². The van der Waals surface area contributed by atoms with E-state index in [-0.39, 0.29) is 29.0 Å². The lowest BCUT2D eigenvalue weighted by atomic mass is 10.2. The third-order valence-electron chi connectivity index (χ3n) is 1.68. The monoisotopic (exact) mass is 265 g/mol. The van der Waals surface area contributed by atoms with Gasteiger partial charge in [-0.2, -0.15) is 0 Å². The summed E-state index contributed by atoms with van der Waals surface area (Å²) in [4.78, 5) is 10.7. The van der Waals surface area contributed by atoms with Crippen LogP contribution >= 0.6 is 24.0 Å². The Balaban J connectivity index is 0.00000225. The second-order valence-corrected chi connectivity index (χ2v) is 3.64. The topological polar surface area (TPSA) is 72.5 Å². The van der Waals surface area contributed by atoms with Crippen LogP contribution in [0.2, 0.25) is 5.02 Å². The van der Waals surface area contributed by atoms with E-state index in [1.807, 2.05) is 0 Å². The Labute approximate surface area is 105 Å². The van der Waals surface area contributed by atoms with Crippen molar-refractivity contribution in [3.05, 3.63) is 28.8 Å². The van der Waals surface area contributed by atoms with Crippen LogP contribution in [0.3, 0.4) is 0 Å². The van der Waals surface area contributed by atoms with Gasteiger partial charge in [0.2, 0.25) is 0 Å². The molecule has 0 amide bonds. The largest absolute Gasteiger partial charge is 0.492 e. The first-order valence-corrected chi connectivity index (χ1v) is 4.79. The van der Waals surface area contributed by atoms with Gasteiger partial charge in [-0.3, -0.25) is 0 Å². The zero-order valence-corrected chi connectivity index (χ0v) is 10.2. The summed E-state index contributed by atoms with van der Waals surface area (Å²) in [6, 6.07) is 4.38. The number of hydrogen-bond donors (Lipinski definition) is 2. The standard InChI is InChI=1S/C10H12ClNO3.ClH/c1-6(12)5-15-7-2-3-9(11)8(4-7)10(13)14;/h2-4,6H,5,12H2,1H3,(H,13,14);1H. The fourth-order valence-corrected chi connectivity index (χ4v) is 1.18. The van der Waals surface area contributed by atoms with E-state index in [0.29, 0.717) is 12.4 Å². The lowest BCUT2D eigenvalue weighted by Gasteiger charge is -2.09. The van der Waals surface area contributed by atoms with Crippen molar-refractivity contribution in [2.45, 2.75) is 13.0 Å². The van der Waals surface area contributed by atoms with Crippen molar-refractivity contribution in [3.8, 4) is 5.75 Å². The molecule has 16 heavy (non-hydrogen) atoms. The number of rotatable bonds is 4. The number of carboxylic acids is 1. The van der Waals surface area contributed by atoms with Gasteiger partial charge < -0.3 is 15.6 Å². The van der Waals surface area contributed by atoms with E-state index in [1.54, 1.807) is 13.0 Å². The van der Waals surface area contributed by atoms with Crippen LogP contribution in [0.1, 0.15) is 17.3 Å². The lowest BCUT2D eigenvalue weighted by Crippen LogP contribution is -2.23. The van der Waals surface area contributed by atoms with Crippen LogP contribution in [0.25, 0.3) is 0 Å². The highest BCUT2D eigenvalue weighted by atomic mass is 35.5. The van der Waals surface area contributed by atoms with E-state index in [0.717, 1.165) is 0 Å². The molecular formula is C10H13Cl2NO3. The molecule has 0 aliphatic heterocycles. The molecule has 0 saturated carbocycles. The number of aromatic carboxylic acids is 1. The molecule has 0 spiro atoms. The minimum atomic E-state index is -1.08. The van der Waals surface area contributed by atoms with E-state index in [1.165, 1.54) is 12.1 Å². The van der Waals surface area contributed by atoms with Gasteiger partial charge in [0.15, 0.2) is 0 Å². The quantitative estimate of drug-likeness (QED) is 0.876. The Morgan fingerprint density at radius 3 is 2.75 bits per heavy atom. The average molecular weight is 266 g/mol. The molecule has 6 heteroatoms. The van der Waals surface area contributed by atoms with Crippen LogP contribution in [0, 0.1) is 0 Å². The summed E-state index contributed by atoms with van der Waals surface area (Å²) < 4.78 is 5.27. The third kappa shape index (κ3) is 4.26. The van der Waals surface area contributed by atoms with Gasteiger partial charge >= 0.3 is 5.97 Å². The van der Waals surface area contributed by atoms with E-state index in [2.05, 4.69) is 0 Å². The molecule has 0 aliphatic carbocycles. The first-order valence-electron chi connectivity index (χ1n) is 4.42. The maximum Gasteiger partial charge on any atom is 0.337 e. The lowest BCUT2D eigenvalue weighted by molar-refractivity contribution is 0.0696. The highest BCUT2D eigenvalue weighted by molar-refractivity contribution is 6.33. The average Bonchev–Trinajstić information content (AvgIpc) is 2.16. The van der Waals surface area contributed by atoms with Crippen molar-refractivity contribution in [2.24, 2.45) is 5.73 Å². The van der Waals surface area contributed by atoms with Gasteiger partial charge in [0.1, 0.15) is 12.4 Å². The highest BCUT2D eigenvalue weighted by Crippen LogP contribution is 2.22. The predicted octanol–water partition coefficient (Wildman–Crippen LogP) is 2.19. The summed E-state index contributed by atoms with van der Waals surface area (Å²) in [5.41, 5.74) is 5.53. The number of benzene rings is 1. The summed E-state index contributed by atoms with van der Waals surface area (Å²) in [6.07, 6.45) is 0. The van der Waals surface area contributed by atoms with E-state index < -0.39 is 5.97 Å². The molecule has 3 N–H and O–H groups in total. The van der Waals surface area contributed by atoms with Gasteiger partial charge in [-0.15, -0.1) is 12.4 Å². The molecule has 1 aromatic rings. The zero-order valence-electron chi connectivity index (χ0n) is 8.64. The number of halogens is 2. The Kier molecular flexibility index (Phi) is 6.18. The van der Waals surface area contributed by atoms with Crippen molar-refractivity contribution in [3.63, 3.8) is 0 Å². The van der Waals surface area contributed by atoms with Crippen molar-refractivity contribution in [2.75, 3.05) is 6.61 Å². The molecule has 0 saturated heterocycles. The number of carboxylic acid groups (broad SMARTS) is 1. The first-order chi connectivity index (χ1) is 7.00. The summed E-state index contributed by atoms with van der Waals surface area (Å²) in [5.74, 6) is -0.625. The van der Waals surface area contributed by atoms with E-state index in [9.17, 15) is 4.79 Å². The number of nitrogens with two attached hydrogens (primary N) is 1. The first kappa shape index (κ1) is 15.0. The van der Waals surface area contributed by atoms with Gasteiger partial charge in [-0.1, -0.05) is 11.6 Å². The minimum absolute atomic E-state index is 0. The summed E-state index contributed by atoms with van der Waals surface area (Å²) in [7, 11) is 0. The SMILES string of the molecule is CC(N)COc1ccc(Cl)c(C(=O)O)c1.Cl. The maximum absolute atomic E-state index is 10.7. The molecular weight excluding hydrogens is 253 g/mol. The maximum atomic E-state index is 10.7. The second-order valence-electron chi connectivity index (χ2n) is 3.24. The van der Waals surface area contributed by atoms with Crippen molar-refractivity contribution in [1.82, 2.24) is 0 Å². The smallest absolute Gasteiger partial charge is 0.337 e. The normalized spacial score (nSPS) is 11.4. The fourth-order valence-electron chi connectivity index (χ4n) is 0.986. The summed E-state index contributed by atoms with van der Waals surface area (Å²) >= 11 is 5.69. The van der Waals surface area contributed by atoms with Crippen LogP contribution in [0.15, 0.2) is 18.2 Å². The molecule has 0 aliphatic rings. The van der Waals surface area contributed by atoms with Crippen LogP contribution < -0.4 is 10.5 Å². The minimum Gasteiger partial charge on any atom is -0.492 e. The van der Waals surface area contributed by atoms with E-state index in [4.69, 9.17) is 27.2 Å². The second kappa shape index (κ2) is 6.58. The molecule has 0 fully saturated rings. The summed E-state index contributed by atoms with van der Waals surface area (Å²) in [6.45, 7) is 2.13. The molecule has 1 atom stereocenters. The Morgan fingerprint density at radius 1 is 1.62 bits per heavy atom. The molecule has 0 bridgehead atoms. The molecule has 0 aromatic heterocycles. The summed E-state index contributed by atoms with van der Waals surface area (Å²) in [5, 5.41) is 8.99. The van der Waals surface area contributed by atoms with Crippen molar-refractivity contribution in [1.29, 1.82) is 0 Å². The van der Waals surface area contributed by atoms with Crippen LogP contribution in [0.5, 0.6) is 5.75 Å². The van der Waals surface area contributed by atoms with Crippen LogP contribution in [-0.4, -0.2) is 23.7 Å². The van der Waals surface area contributed by atoms with Gasteiger partial charge in [-0.05, 0) is 25.1 Å². The van der Waals surface area contributed by atoms with Crippen LogP contribution in [-0.2, 0) is 0 Å². The Morgan fingerprint density at radius 2 is 2.25 bits per heavy atom. The molecule has 1 rings (SSSR count). The Hall–Kier alpha value is -0.970. The number of hydrogen-bond acceptors (Lipinski definition) is 3. The molecule has 0 radical (unpaired) electrons. The van der Waals surface area contributed by atoms with Gasteiger partial charge in [0.05, 0.1) is 10.6 Å². The number of ether oxygens (including phenoxy) is 1. The van der Waals surface area contributed by atoms with Crippen molar-refractivity contribution >= 4 is 30.0 Å². The third-order valence-corrected chi connectivity index (χ3v) is 2.01. The molecule has 4 nitrogen and oxygen atoms in total. The van der Waals surface area contributed by atoms with E-state index >= 15 is 0 Å². The van der Waals surface area contributed by atoms with Gasteiger partial charge in [-0.25, -0.2) is 4.79 Å². The van der Waals surface area contributed by atoms with Gasteiger partial charge in [0.25, 0.3) is 0 Å². The fraction of sp³-hybridized carbons (Fsp3) is 0.300. The highest BCUT2D eigenvalue weighted by Gasteiger charge is 2.10. The molecule has 1 unspecified atom stereocenters.